The van der Waals surface area contributed by atoms with E-state index in [1.54, 1.807) is 18.9 Å². The number of primary amides is 1. The number of amides is 1. The Morgan fingerprint density at radius 1 is 1.42 bits per heavy atom. The Morgan fingerprint density at radius 2 is 2.21 bits per heavy atom. The van der Waals surface area contributed by atoms with E-state index in [1.807, 2.05) is 12.1 Å². The summed E-state index contributed by atoms with van der Waals surface area (Å²) in [7, 11) is 1.69. The molecule has 1 saturated carbocycles. The van der Waals surface area contributed by atoms with Gasteiger partial charge in [0.15, 0.2) is 5.16 Å². The van der Waals surface area contributed by atoms with Crippen LogP contribution in [0.15, 0.2) is 23.4 Å². The normalized spacial score (nSPS) is 13.9. The minimum absolute atomic E-state index is 0.306. The summed E-state index contributed by atoms with van der Waals surface area (Å²) in [4.78, 5) is 11.0. The number of carbonyl (C=O) groups is 1. The van der Waals surface area contributed by atoms with Crippen LogP contribution in [0, 0.1) is 6.92 Å². The van der Waals surface area contributed by atoms with Crippen LogP contribution in [0.2, 0.25) is 0 Å². The molecule has 0 aliphatic heterocycles. The number of thioether (sulfide) groups is 1. The van der Waals surface area contributed by atoms with E-state index in [-0.39, 0.29) is 5.91 Å². The van der Waals surface area contributed by atoms with Gasteiger partial charge in [-0.1, -0.05) is 29.5 Å². The molecule has 1 aliphatic rings. The van der Waals surface area contributed by atoms with Crippen LogP contribution in [-0.4, -0.2) is 27.8 Å². The first kappa shape index (κ1) is 16.8. The molecule has 2 N–H and O–H groups in total. The van der Waals surface area contributed by atoms with E-state index in [0.717, 1.165) is 40.9 Å². The van der Waals surface area contributed by atoms with E-state index in [2.05, 4.69) is 27.8 Å². The fraction of sp³-hybridized carbons (Fsp3) is 0.471. The maximum Gasteiger partial charge on any atom is 0.217 e. The molecule has 0 spiro atoms. The first-order chi connectivity index (χ1) is 11.6. The third kappa shape index (κ3) is 3.90. The van der Waals surface area contributed by atoms with Crippen LogP contribution in [0.3, 0.4) is 0 Å². The van der Waals surface area contributed by atoms with E-state index in [4.69, 9.17) is 10.5 Å². The van der Waals surface area contributed by atoms with Crippen LogP contribution >= 0.6 is 11.8 Å². The molecule has 6 nitrogen and oxygen atoms in total. The van der Waals surface area contributed by atoms with E-state index in [9.17, 15) is 4.79 Å². The fourth-order valence-electron chi connectivity index (χ4n) is 2.67. The average Bonchev–Trinajstić information content (AvgIpc) is 3.31. The monoisotopic (exact) mass is 346 g/mol. The Hall–Kier alpha value is -2.02. The van der Waals surface area contributed by atoms with Gasteiger partial charge in [-0.15, -0.1) is 10.2 Å². The second-order valence-corrected chi connectivity index (χ2v) is 7.01. The van der Waals surface area contributed by atoms with Crippen molar-refractivity contribution in [2.24, 2.45) is 5.73 Å². The summed E-state index contributed by atoms with van der Waals surface area (Å²) in [5, 5.41) is 9.51. The van der Waals surface area contributed by atoms with Gasteiger partial charge in [-0.25, -0.2) is 0 Å². The summed E-state index contributed by atoms with van der Waals surface area (Å²) in [6.45, 7) is 2.07. The highest BCUT2D eigenvalue weighted by Gasteiger charge is 2.29. The summed E-state index contributed by atoms with van der Waals surface area (Å²) in [5.74, 6) is 2.21. The van der Waals surface area contributed by atoms with Crippen LogP contribution in [0.4, 0.5) is 0 Å². The first-order valence-corrected chi connectivity index (χ1v) is 9.05. The smallest absolute Gasteiger partial charge is 0.217 e. The third-order valence-electron chi connectivity index (χ3n) is 4.03. The molecule has 1 aromatic heterocycles. The van der Waals surface area contributed by atoms with Crippen LogP contribution in [-0.2, 0) is 17.0 Å². The largest absolute Gasteiger partial charge is 0.496 e. The molecular formula is C17H22N4O2S. The average molecular weight is 346 g/mol. The van der Waals surface area contributed by atoms with Gasteiger partial charge in [0.2, 0.25) is 5.91 Å². The predicted octanol–water partition coefficient (Wildman–Crippen LogP) is 2.64. The number of aryl methyl sites for hydroxylation is 2. The number of nitrogens with two attached hydrogens (primary N) is 1. The van der Waals surface area contributed by atoms with Gasteiger partial charge in [0, 0.05) is 30.2 Å². The van der Waals surface area contributed by atoms with Crippen molar-refractivity contribution in [3.8, 4) is 5.75 Å². The lowest BCUT2D eigenvalue weighted by Crippen LogP contribution is -2.13. The van der Waals surface area contributed by atoms with Crippen LogP contribution in [0.25, 0.3) is 0 Å². The van der Waals surface area contributed by atoms with Gasteiger partial charge in [0.1, 0.15) is 11.6 Å². The summed E-state index contributed by atoms with van der Waals surface area (Å²) in [6.07, 6.45) is 3.14. The summed E-state index contributed by atoms with van der Waals surface area (Å²) >= 11 is 1.65. The SMILES string of the molecule is COc1ccc(C)cc1CSc1nnc(CCC(N)=O)n1C1CC1. The molecule has 0 saturated heterocycles. The molecule has 128 valence electrons. The Balaban J connectivity index is 1.76. The maximum atomic E-state index is 11.0. The highest BCUT2D eigenvalue weighted by Crippen LogP contribution is 2.40. The van der Waals surface area contributed by atoms with Crippen molar-refractivity contribution >= 4 is 17.7 Å². The molecule has 1 heterocycles. The van der Waals surface area contributed by atoms with Crippen LogP contribution in [0.5, 0.6) is 5.75 Å². The lowest BCUT2D eigenvalue weighted by molar-refractivity contribution is -0.118. The highest BCUT2D eigenvalue weighted by atomic mass is 32.2. The van der Waals surface area contributed by atoms with Crippen LogP contribution < -0.4 is 10.5 Å². The number of benzene rings is 1. The number of methoxy groups -OCH3 is 1. The lowest BCUT2D eigenvalue weighted by Gasteiger charge is -2.11. The summed E-state index contributed by atoms with van der Waals surface area (Å²) < 4.78 is 7.62. The Labute approximate surface area is 145 Å². The van der Waals surface area contributed by atoms with Crippen molar-refractivity contribution in [3.63, 3.8) is 0 Å². The number of carbonyl (C=O) groups excluding carboxylic acids is 1. The zero-order chi connectivity index (χ0) is 17.1. The van der Waals surface area contributed by atoms with Crippen molar-refractivity contribution in [1.82, 2.24) is 14.8 Å². The number of nitrogens with zero attached hydrogens (tertiary/aromatic N) is 3. The molecule has 1 aromatic carbocycles. The molecule has 0 radical (unpaired) electrons. The second kappa shape index (κ2) is 7.25. The number of hydrogen-bond donors (Lipinski definition) is 1. The quantitative estimate of drug-likeness (QED) is 0.743. The maximum absolute atomic E-state index is 11.0. The standard InChI is InChI=1S/C17H22N4O2S/c1-11-3-6-14(23-2)12(9-11)10-24-17-20-19-16(8-7-15(18)22)21(17)13-4-5-13/h3,6,9,13H,4-5,7-8,10H2,1-2H3,(H2,18,22). The lowest BCUT2D eigenvalue weighted by atomic mass is 10.1. The molecule has 1 aliphatic carbocycles. The molecule has 0 atom stereocenters. The predicted molar refractivity (Wildman–Crippen MR) is 93.1 cm³/mol. The number of aromatic nitrogens is 3. The van der Waals surface area contributed by atoms with Gasteiger partial charge in [0.25, 0.3) is 0 Å². The van der Waals surface area contributed by atoms with E-state index < -0.39 is 0 Å². The van der Waals surface area contributed by atoms with Gasteiger partial charge in [0.05, 0.1) is 7.11 Å². The summed E-state index contributed by atoms with van der Waals surface area (Å²) in [5.41, 5.74) is 7.60. The minimum atomic E-state index is -0.306. The number of ether oxygens (including phenoxy) is 1. The van der Waals surface area contributed by atoms with Gasteiger partial charge in [-0.05, 0) is 25.8 Å². The van der Waals surface area contributed by atoms with Gasteiger partial charge in [-0.2, -0.15) is 0 Å². The molecule has 0 bridgehead atoms. The zero-order valence-electron chi connectivity index (χ0n) is 14.0. The number of hydrogen-bond acceptors (Lipinski definition) is 5. The van der Waals surface area contributed by atoms with Crippen LogP contribution in [0.1, 0.15) is 42.3 Å². The van der Waals surface area contributed by atoms with Gasteiger partial charge < -0.3 is 15.0 Å². The fourth-order valence-corrected chi connectivity index (χ4v) is 3.68. The Bertz CT molecular complexity index is 740. The van der Waals surface area contributed by atoms with Crippen molar-refractivity contribution in [2.45, 2.75) is 49.6 Å². The molecule has 1 fully saturated rings. The van der Waals surface area contributed by atoms with Crippen molar-refractivity contribution < 1.29 is 9.53 Å². The first-order valence-electron chi connectivity index (χ1n) is 8.07. The Morgan fingerprint density at radius 3 is 2.88 bits per heavy atom. The Kier molecular flexibility index (Phi) is 5.08. The number of rotatable bonds is 8. The molecule has 3 rings (SSSR count). The van der Waals surface area contributed by atoms with E-state index >= 15 is 0 Å². The molecular weight excluding hydrogens is 324 g/mol. The van der Waals surface area contributed by atoms with Gasteiger partial charge >= 0.3 is 0 Å². The topological polar surface area (TPSA) is 83.0 Å². The van der Waals surface area contributed by atoms with E-state index in [0.29, 0.717) is 18.9 Å². The minimum Gasteiger partial charge on any atom is -0.496 e. The molecule has 7 heteroatoms. The molecule has 2 aromatic rings. The van der Waals surface area contributed by atoms with Crippen molar-refractivity contribution in [1.29, 1.82) is 0 Å². The van der Waals surface area contributed by atoms with E-state index in [1.165, 1.54) is 5.56 Å². The second-order valence-electron chi connectivity index (χ2n) is 6.07. The third-order valence-corrected chi connectivity index (χ3v) is 5.03. The highest BCUT2D eigenvalue weighted by molar-refractivity contribution is 7.98. The molecule has 24 heavy (non-hydrogen) atoms. The molecule has 1 amide bonds. The van der Waals surface area contributed by atoms with Crippen molar-refractivity contribution in [2.75, 3.05) is 7.11 Å². The van der Waals surface area contributed by atoms with Gasteiger partial charge in [-0.3, -0.25) is 4.79 Å². The summed E-state index contributed by atoms with van der Waals surface area (Å²) in [6, 6.07) is 6.64. The zero-order valence-corrected chi connectivity index (χ0v) is 14.8. The van der Waals surface area contributed by atoms with Crippen molar-refractivity contribution in [3.05, 3.63) is 35.2 Å². The molecule has 0 unspecified atom stereocenters.